The second-order valence-electron chi connectivity index (χ2n) is 6.11. The third kappa shape index (κ3) is 3.68. The van der Waals surface area contributed by atoms with E-state index < -0.39 is 10.0 Å². The summed E-state index contributed by atoms with van der Waals surface area (Å²) in [5.41, 5.74) is 1.07. The summed E-state index contributed by atoms with van der Waals surface area (Å²) in [6.07, 6.45) is 1.96. The van der Waals surface area contributed by atoms with Crippen molar-refractivity contribution in [3.8, 4) is 11.5 Å². The Hall–Kier alpha value is -1.57. The summed E-state index contributed by atoms with van der Waals surface area (Å²) in [6, 6.07) is 13.1. The maximum Gasteiger partial charge on any atom is 0.241 e. The molecule has 0 aromatic heterocycles. The van der Waals surface area contributed by atoms with Gasteiger partial charge in [-0.3, -0.25) is 0 Å². The van der Waals surface area contributed by atoms with Crippen molar-refractivity contribution in [1.29, 1.82) is 0 Å². The predicted molar refractivity (Wildman–Crippen MR) is 99.8 cm³/mol. The normalized spacial score (nSPS) is 15.6. The molecule has 0 saturated heterocycles. The Kier molecular flexibility index (Phi) is 5.09. The lowest BCUT2D eigenvalue weighted by atomic mass is 9.96. The quantitative estimate of drug-likeness (QED) is 0.737. The molecule has 0 radical (unpaired) electrons. The molecule has 0 atom stereocenters. The molecule has 134 valence electrons. The summed E-state index contributed by atoms with van der Waals surface area (Å²) in [4.78, 5) is 0.133. The molecule has 2 aromatic rings. The average molecular weight is 426 g/mol. The van der Waals surface area contributed by atoms with Crippen LogP contribution in [0.3, 0.4) is 0 Å². The zero-order valence-corrected chi connectivity index (χ0v) is 16.5. The predicted octanol–water partition coefficient (Wildman–Crippen LogP) is 3.48. The van der Waals surface area contributed by atoms with E-state index in [-0.39, 0.29) is 10.3 Å². The minimum absolute atomic E-state index is 0.0998. The lowest BCUT2D eigenvalue weighted by Crippen LogP contribution is -2.32. The van der Waals surface area contributed by atoms with Crippen LogP contribution in [0.1, 0.15) is 18.4 Å². The number of halogens is 1. The summed E-state index contributed by atoms with van der Waals surface area (Å²) in [5, 5.41) is 0. The van der Waals surface area contributed by atoms with Gasteiger partial charge in [0.1, 0.15) is 4.90 Å². The van der Waals surface area contributed by atoms with Crippen LogP contribution in [0.2, 0.25) is 0 Å². The Morgan fingerprint density at radius 2 is 1.68 bits per heavy atom. The molecule has 2 aromatic carbocycles. The van der Waals surface area contributed by atoms with Crippen molar-refractivity contribution in [1.82, 2.24) is 4.72 Å². The van der Waals surface area contributed by atoms with Crippen LogP contribution < -0.4 is 14.2 Å². The monoisotopic (exact) mass is 425 g/mol. The Balaban J connectivity index is 1.83. The molecule has 0 aliphatic heterocycles. The second-order valence-corrected chi connectivity index (χ2v) is 8.70. The number of rotatable bonds is 7. The third-order valence-corrected chi connectivity index (χ3v) is 6.93. The fourth-order valence-electron chi connectivity index (χ4n) is 2.86. The van der Waals surface area contributed by atoms with E-state index in [9.17, 15) is 8.42 Å². The summed E-state index contributed by atoms with van der Waals surface area (Å²) in [6.45, 7) is 0.375. The molecule has 0 spiro atoms. The first-order valence-electron chi connectivity index (χ1n) is 7.88. The maximum absolute atomic E-state index is 12.8. The van der Waals surface area contributed by atoms with Crippen molar-refractivity contribution in [2.45, 2.75) is 23.2 Å². The number of hydrogen-bond donors (Lipinski definition) is 1. The highest BCUT2D eigenvalue weighted by Gasteiger charge is 2.44. The molecule has 0 unspecified atom stereocenters. The molecule has 1 saturated carbocycles. The van der Waals surface area contributed by atoms with Crippen molar-refractivity contribution >= 4 is 26.0 Å². The lowest BCUT2D eigenvalue weighted by Gasteiger charge is -2.18. The van der Waals surface area contributed by atoms with Gasteiger partial charge in [0.2, 0.25) is 10.0 Å². The molecular weight excluding hydrogens is 406 g/mol. The van der Waals surface area contributed by atoms with Gasteiger partial charge in [0.15, 0.2) is 11.5 Å². The molecule has 25 heavy (non-hydrogen) atoms. The number of benzene rings is 2. The zero-order valence-electron chi connectivity index (χ0n) is 14.1. The van der Waals surface area contributed by atoms with Gasteiger partial charge in [-0.1, -0.05) is 30.3 Å². The van der Waals surface area contributed by atoms with E-state index in [1.807, 2.05) is 30.3 Å². The van der Waals surface area contributed by atoms with Gasteiger partial charge in [-0.05, 0) is 40.4 Å². The van der Waals surface area contributed by atoms with E-state index >= 15 is 0 Å². The lowest BCUT2D eigenvalue weighted by molar-refractivity contribution is 0.353. The van der Waals surface area contributed by atoms with Crippen LogP contribution in [0.25, 0.3) is 0 Å². The van der Waals surface area contributed by atoms with E-state index in [0.29, 0.717) is 22.5 Å². The largest absolute Gasteiger partial charge is 0.493 e. The van der Waals surface area contributed by atoms with Gasteiger partial charge in [-0.2, -0.15) is 0 Å². The van der Waals surface area contributed by atoms with Gasteiger partial charge in [0.25, 0.3) is 0 Å². The van der Waals surface area contributed by atoms with Crippen LogP contribution in [-0.4, -0.2) is 29.2 Å². The van der Waals surface area contributed by atoms with Crippen LogP contribution >= 0.6 is 15.9 Å². The van der Waals surface area contributed by atoms with Gasteiger partial charge < -0.3 is 9.47 Å². The van der Waals surface area contributed by atoms with Crippen LogP contribution in [0.4, 0.5) is 0 Å². The Labute approximate surface area is 156 Å². The highest BCUT2D eigenvalue weighted by Crippen LogP contribution is 2.47. The van der Waals surface area contributed by atoms with Crippen LogP contribution in [0.15, 0.2) is 51.8 Å². The fraction of sp³-hybridized carbons (Fsp3) is 0.333. The van der Waals surface area contributed by atoms with Gasteiger partial charge in [-0.15, -0.1) is 0 Å². The van der Waals surface area contributed by atoms with Crippen molar-refractivity contribution in [2.75, 3.05) is 20.8 Å². The molecule has 1 N–H and O–H groups in total. The summed E-state index contributed by atoms with van der Waals surface area (Å²) < 4.78 is 39.2. The van der Waals surface area contributed by atoms with Crippen molar-refractivity contribution < 1.29 is 17.9 Å². The second kappa shape index (κ2) is 6.97. The zero-order chi connectivity index (χ0) is 18.1. The molecule has 1 aliphatic rings. The van der Waals surface area contributed by atoms with Crippen LogP contribution in [0, 0.1) is 0 Å². The first-order valence-corrected chi connectivity index (χ1v) is 10.2. The van der Waals surface area contributed by atoms with E-state index in [4.69, 9.17) is 9.47 Å². The molecular formula is C18H20BrNO4S. The van der Waals surface area contributed by atoms with E-state index in [0.717, 1.165) is 12.8 Å². The minimum atomic E-state index is -3.68. The molecule has 5 nitrogen and oxygen atoms in total. The maximum atomic E-state index is 12.8. The number of hydrogen-bond acceptors (Lipinski definition) is 4. The van der Waals surface area contributed by atoms with E-state index in [1.54, 1.807) is 6.07 Å². The first-order chi connectivity index (χ1) is 11.9. The summed E-state index contributed by atoms with van der Waals surface area (Å²) >= 11 is 3.31. The summed E-state index contributed by atoms with van der Waals surface area (Å²) in [7, 11) is -0.698. The molecule has 0 bridgehead atoms. The van der Waals surface area contributed by atoms with Gasteiger partial charge in [0.05, 0.1) is 14.2 Å². The number of nitrogens with one attached hydrogen (secondary N) is 1. The van der Waals surface area contributed by atoms with Crippen molar-refractivity contribution in [2.24, 2.45) is 0 Å². The van der Waals surface area contributed by atoms with E-state index in [2.05, 4.69) is 20.7 Å². The first kappa shape index (κ1) is 18.2. The van der Waals surface area contributed by atoms with Crippen LogP contribution in [0.5, 0.6) is 11.5 Å². The van der Waals surface area contributed by atoms with Gasteiger partial charge in [0, 0.05) is 22.5 Å². The minimum Gasteiger partial charge on any atom is -0.493 e. The number of sulfonamides is 1. The molecule has 0 heterocycles. The number of ether oxygens (including phenoxy) is 2. The molecule has 7 heteroatoms. The Morgan fingerprint density at radius 1 is 1.08 bits per heavy atom. The smallest absolute Gasteiger partial charge is 0.241 e. The number of methoxy groups -OCH3 is 2. The van der Waals surface area contributed by atoms with Crippen molar-refractivity contribution in [3.05, 3.63) is 52.5 Å². The molecule has 1 fully saturated rings. The van der Waals surface area contributed by atoms with Gasteiger partial charge >= 0.3 is 0 Å². The molecule has 3 rings (SSSR count). The highest BCUT2D eigenvalue weighted by molar-refractivity contribution is 9.10. The average Bonchev–Trinajstić information content (AvgIpc) is 3.41. The fourth-order valence-corrected chi connectivity index (χ4v) is 5.02. The third-order valence-electron chi connectivity index (χ3n) is 4.57. The van der Waals surface area contributed by atoms with Gasteiger partial charge in [-0.25, -0.2) is 13.1 Å². The Morgan fingerprint density at radius 3 is 2.24 bits per heavy atom. The highest BCUT2D eigenvalue weighted by atomic mass is 79.9. The molecule has 1 aliphatic carbocycles. The van der Waals surface area contributed by atoms with Crippen molar-refractivity contribution in [3.63, 3.8) is 0 Å². The van der Waals surface area contributed by atoms with Crippen LogP contribution in [-0.2, 0) is 15.4 Å². The standard InChI is InChI=1S/C18H20BrNO4S/c1-23-15-10-14(19)17(11-16(15)24-2)25(21,22)20-12-18(8-9-18)13-6-4-3-5-7-13/h3-7,10-11,20H,8-9,12H2,1-2H3. The topological polar surface area (TPSA) is 64.6 Å². The SMILES string of the molecule is COc1cc(Br)c(S(=O)(=O)NCC2(c3ccccc3)CC2)cc1OC. The molecule has 0 amide bonds. The summed E-state index contributed by atoms with van der Waals surface area (Å²) in [5.74, 6) is 0.839. The Bertz CT molecular complexity index is 864. The van der Waals surface area contributed by atoms with E-state index in [1.165, 1.54) is 25.8 Å².